The molecule has 0 bridgehead atoms. The molecule has 2 aromatic rings. The molecule has 8 heteroatoms. The highest BCUT2D eigenvalue weighted by Crippen LogP contribution is 2.66. The zero-order valence-corrected chi connectivity index (χ0v) is 30.7. The van der Waals surface area contributed by atoms with Crippen molar-refractivity contribution in [1.29, 1.82) is 0 Å². The molecule has 0 fully saturated rings. The van der Waals surface area contributed by atoms with E-state index in [1.54, 1.807) is 18.9 Å². The zero-order valence-electron chi connectivity index (χ0n) is 23.4. The summed E-state index contributed by atoms with van der Waals surface area (Å²) in [4.78, 5) is 3.08. The quantitative estimate of drug-likeness (QED) is 0.296. The average molecular weight is 617 g/mol. The maximum atomic E-state index is 2.63. The first-order valence-corrected chi connectivity index (χ1v) is 31.0. The lowest BCUT2D eigenvalue weighted by Crippen LogP contribution is -2.53. The van der Waals surface area contributed by atoms with E-state index in [4.69, 9.17) is 0 Å². The minimum atomic E-state index is -1.57. The van der Waals surface area contributed by atoms with E-state index in [9.17, 15) is 0 Å². The number of hydrogen-bond acceptors (Lipinski definition) is 4. The molecular weight excluding hydrogens is 577 g/mol. The summed E-state index contributed by atoms with van der Waals surface area (Å²) in [5.74, 6) is 0. The Kier molecular flexibility index (Phi) is 8.42. The van der Waals surface area contributed by atoms with E-state index in [1.807, 2.05) is 0 Å². The molecule has 0 nitrogen and oxygen atoms in total. The van der Waals surface area contributed by atoms with Crippen LogP contribution in [0.1, 0.15) is 11.1 Å². The highest BCUT2D eigenvalue weighted by atomic mass is 32.2. The normalized spacial score (nSPS) is 20.1. The number of thioether (sulfide) groups is 4. The van der Waals surface area contributed by atoms with Crippen molar-refractivity contribution in [1.82, 2.24) is 0 Å². The number of rotatable bonds is 6. The summed E-state index contributed by atoms with van der Waals surface area (Å²) in [5.41, 5.74) is 2.81. The van der Waals surface area contributed by atoms with Crippen LogP contribution in [0.3, 0.4) is 0 Å². The van der Waals surface area contributed by atoms with Gasteiger partial charge in [-0.1, -0.05) is 173 Å². The first-order valence-electron chi connectivity index (χ1n) is 12.7. The van der Waals surface area contributed by atoms with Gasteiger partial charge in [-0.25, -0.2) is 0 Å². The molecule has 0 saturated heterocycles. The van der Waals surface area contributed by atoms with Crippen molar-refractivity contribution < 1.29 is 0 Å². The van der Waals surface area contributed by atoms with E-state index in [0.717, 1.165) is 0 Å². The fourth-order valence-electron chi connectivity index (χ4n) is 3.83. The van der Waals surface area contributed by atoms with Crippen molar-refractivity contribution in [3.05, 3.63) is 89.3 Å². The van der Waals surface area contributed by atoms with Gasteiger partial charge in [-0.05, 0) is 20.2 Å². The van der Waals surface area contributed by atoms with Gasteiger partial charge < -0.3 is 0 Å². The van der Waals surface area contributed by atoms with Gasteiger partial charge in [0, 0.05) is 25.0 Å². The summed E-state index contributed by atoms with van der Waals surface area (Å²) in [6.07, 6.45) is 0. The van der Waals surface area contributed by atoms with Gasteiger partial charge >= 0.3 is 0 Å². The molecular formula is C28H40S4Si4. The minimum absolute atomic E-state index is 1.32. The van der Waals surface area contributed by atoms with Crippen LogP contribution in [0.25, 0.3) is 9.81 Å². The van der Waals surface area contributed by atoms with Gasteiger partial charge in [-0.15, -0.1) is 0 Å². The summed E-state index contributed by atoms with van der Waals surface area (Å²) < 4.78 is 6.50. The van der Waals surface area contributed by atoms with Gasteiger partial charge in [0.05, 0.1) is 23.7 Å². The monoisotopic (exact) mass is 616 g/mol. The molecule has 2 aliphatic heterocycles. The molecule has 0 radical (unpaired) electrons. The molecule has 0 aromatic heterocycles. The second kappa shape index (κ2) is 10.5. The lowest BCUT2D eigenvalue weighted by Gasteiger charge is -2.36. The highest BCUT2D eigenvalue weighted by Gasteiger charge is 2.48. The maximum absolute atomic E-state index is 2.63. The van der Waals surface area contributed by atoms with Crippen LogP contribution >= 0.6 is 47.0 Å². The fourth-order valence-corrected chi connectivity index (χ4v) is 28.4. The van der Waals surface area contributed by atoms with Gasteiger partial charge in [0.15, 0.2) is 0 Å². The van der Waals surface area contributed by atoms with E-state index in [1.165, 1.54) is 19.6 Å². The maximum Gasteiger partial charge on any atom is 0.0836 e. The Labute approximate surface area is 240 Å². The van der Waals surface area contributed by atoms with Crippen LogP contribution in [0.4, 0.5) is 0 Å². The SMILES string of the molecule is C[Si](C)(C)[Si](C)(C)C1=C(c2ccccc2)S/C(=C2/SC(c3ccccc3)=C([Si](C)(C)[Si](C)(C)C)S2)S1. The van der Waals surface area contributed by atoms with Crippen LogP contribution in [0.15, 0.2) is 78.2 Å². The summed E-state index contributed by atoms with van der Waals surface area (Å²) in [6, 6.07) is 22.4. The smallest absolute Gasteiger partial charge is 0.0836 e. The second-order valence-corrected chi connectivity index (χ2v) is 51.1. The topological polar surface area (TPSA) is 0 Å². The Morgan fingerprint density at radius 2 is 0.722 bits per heavy atom. The fraction of sp³-hybridized carbons (Fsp3) is 0.357. The second-order valence-electron chi connectivity index (χ2n) is 12.8. The number of hydrogen-bond donors (Lipinski definition) is 0. The Morgan fingerprint density at radius 1 is 0.417 bits per heavy atom. The van der Waals surface area contributed by atoms with E-state index in [2.05, 4.69) is 173 Å². The molecule has 192 valence electrons. The third-order valence-corrected chi connectivity index (χ3v) is 53.1. The van der Waals surface area contributed by atoms with E-state index in [-0.39, 0.29) is 0 Å². The van der Waals surface area contributed by atoms with Gasteiger partial charge in [-0.2, -0.15) is 0 Å². The number of benzene rings is 2. The van der Waals surface area contributed by atoms with E-state index in [0.29, 0.717) is 0 Å². The minimum Gasteiger partial charge on any atom is -0.0891 e. The van der Waals surface area contributed by atoms with Gasteiger partial charge in [-0.3, -0.25) is 0 Å². The van der Waals surface area contributed by atoms with Crippen molar-refractivity contribution >= 4 is 87.2 Å². The average Bonchev–Trinajstić information content (AvgIpc) is 3.44. The van der Waals surface area contributed by atoms with Crippen LogP contribution in [0.2, 0.25) is 65.5 Å². The van der Waals surface area contributed by atoms with Crippen LogP contribution in [-0.2, 0) is 0 Å². The Bertz CT molecular complexity index is 1130. The first-order chi connectivity index (χ1) is 16.6. The van der Waals surface area contributed by atoms with E-state index < -0.39 is 30.4 Å². The molecule has 2 aromatic carbocycles. The third-order valence-electron chi connectivity index (χ3n) is 8.32. The molecule has 2 heterocycles. The first kappa shape index (κ1) is 28.9. The molecule has 4 rings (SSSR count). The Hall–Kier alpha value is -0.0725. The molecule has 0 N–H and O–H groups in total. The van der Waals surface area contributed by atoms with Crippen molar-refractivity contribution in [2.24, 2.45) is 0 Å². The predicted octanol–water partition coefficient (Wildman–Crippen LogP) is 11.1. The molecule has 0 saturated carbocycles. The van der Waals surface area contributed by atoms with Crippen LogP contribution < -0.4 is 0 Å². The lowest BCUT2D eigenvalue weighted by atomic mass is 10.2. The largest absolute Gasteiger partial charge is 0.0891 e. The molecule has 36 heavy (non-hydrogen) atoms. The van der Waals surface area contributed by atoms with Gasteiger partial charge in [0.1, 0.15) is 0 Å². The molecule has 2 aliphatic rings. The summed E-state index contributed by atoms with van der Waals surface area (Å²) in [6.45, 7) is 26.0. The van der Waals surface area contributed by atoms with Crippen LogP contribution in [-0.4, -0.2) is 30.4 Å². The van der Waals surface area contributed by atoms with E-state index >= 15 is 0 Å². The van der Waals surface area contributed by atoms with Crippen molar-refractivity contribution in [3.8, 4) is 0 Å². The van der Waals surface area contributed by atoms with Gasteiger partial charge in [0.2, 0.25) is 0 Å². The predicted molar refractivity (Wildman–Crippen MR) is 186 cm³/mol. The molecule has 0 spiro atoms. The van der Waals surface area contributed by atoms with Gasteiger partial charge in [0.25, 0.3) is 0 Å². The third kappa shape index (κ3) is 5.48. The molecule has 0 unspecified atom stereocenters. The van der Waals surface area contributed by atoms with Crippen LogP contribution in [0.5, 0.6) is 0 Å². The van der Waals surface area contributed by atoms with Crippen molar-refractivity contribution in [2.75, 3.05) is 0 Å². The molecule has 0 atom stereocenters. The van der Waals surface area contributed by atoms with Crippen molar-refractivity contribution in [2.45, 2.75) is 65.5 Å². The summed E-state index contributed by atoms with van der Waals surface area (Å²) >= 11 is 8.41. The Balaban J connectivity index is 1.81. The zero-order chi connectivity index (χ0) is 26.5. The standard InChI is InChI=1S/C28H40S4Si4/c1-33(2,3)35(7,8)27-23(21-17-13-11-14-18-21)29-25(31-27)26-30-24(22-19-15-12-16-20-22)28(32-26)36(9,10)34(4,5)6/h11-20H,1-10H3/b26-25+. The summed E-state index contributed by atoms with van der Waals surface area (Å²) in [7, 11) is -5.76. The molecule has 0 amide bonds. The Morgan fingerprint density at radius 3 is 1.00 bits per heavy atom. The van der Waals surface area contributed by atoms with Crippen molar-refractivity contribution in [3.63, 3.8) is 0 Å². The summed E-state index contributed by atoms with van der Waals surface area (Å²) in [5, 5.41) is 0. The van der Waals surface area contributed by atoms with Crippen LogP contribution in [0, 0.1) is 0 Å². The highest BCUT2D eigenvalue weighted by molar-refractivity contribution is 8.38. The molecule has 0 aliphatic carbocycles. The lowest BCUT2D eigenvalue weighted by molar-refractivity contribution is 1.65.